The maximum Gasteiger partial charge on any atom is 0.314 e. The molecule has 0 saturated carbocycles. The second kappa shape index (κ2) is 37.6. The standard InChI is InChI=1S/C40H82N2O3/c1-4-6-8-10-12-14-16-18-20-22-24-26-28-30-32-34-36-44-38(3)39(42-40(41)43)45-37-35-33-31-29-27-25-23-21-19-17-15-13-11-9-7-5-2/h38-39H,4-37H2,1-3H3,(H3,41,42,43). The van der Waals surface area contributed by atoms with Gasteiger partial charge < -0.3 is 20.5 Å². The van der Waals surface area contributed by atoms with Gasteiger partial charge in [0.2, 0.25) is 0 Å². The molecule has 0 aliphatic carbocycles. The number of carbonyl (C=O) groups excluding carboxylic acids is 1. The Morgan fingerprint density at radius 1 is 0.444 bits per heavy atom. The number of ether oxygens (including phenoxy) is 2. The molecule has 2 amide bonds. The third-order valence-electron chi connectivity index (χ3n) is 9.38. The van der Waals surface area contributed by atoms with Crippen LogP contribution in [0, 0.1) is 0 Å². The summed E-state index contributed by atoms with van der Waals surface area (Å²) in [5.74, 6) is 0. The van der Waals surface area contributed by atoms with E-state index in [1.54, 1.807) is 0 Å². The van der Waals surface area contributed by atoms with Gasteiger partial charge in [-0.25, -0.2) is 4.79 Å². The molecule has 0 bridgehead atoms. The minimum Gasteiger partial charge on any atom is -0.374 e. The van der Waals surface area contributed by atoms with Crippen molar-refractivity contribution >= 4 is 6.03 Å². The molecular weight excluding hydrogens is 556 g/mol. The van der Waals surface area contributed by atoms with Crippen LogP contribution in [0.5, 0.6) is 0 Å². The summed E-state index contributed by atoms with van der Waals surface area (Å²) in [5.41, 5.74) is 5.41. The summed E-state index contributed by atoms with van der Waals surface area (Å²) in [4.78, 5) is 11.5. The summed E-state index contributed by atoms with van der Waals surface area (Å²) in [6, 6.07) is -0.551. The Balaban J connectivity index is 3.57. The highest BCUT2D eigenvalue weighted by atomic mass is 16.5. The smallest absolute Gasteiger partial charge is 0.314 e. The zero-order chi connectivity index (χ0) is 32.9. The third-order valence-corrected chi connectivity index (χ3v) is 9.38. The molecule has 2 unspecified atom stereocenters. The fraction of sp³-hybridized carbons (Fsp3) is 0.975. The fourth-order valence-electron chi connectivity index (χ4n) is 6.30. The number of primary amides is 1. The van der Waals surface area contributed by atoms with Crippen molar-refractivity contribution < 1.29 is 14.3 Å². The number of nitrogens with two attached hydrogens (primary N) is 1. The van der Waals surface area contributed by atoms with Gasteiger partial charge in [0, 0.05) is 13.2 Å². The van der Waals surface area contributed by atoms with Gasteiger partial charge in [0.25, 0.3) is 0 Å². The Labute approximate surface area is 282 Å². The first-order chi connectivity index (χ1) is 22.1. The molecule has 3 N–H and O–H groups in total. The highest BCUT2D eigenvalue weighted by Crippen LogP contribution is 2.16. The zero-order valence-electron chi connectivity index (χ0n) is 31.0. The maximum atomic E-state index is 11.5. The average molecular weight is 639 g/mol. The number of urea groups is 1. The van der Waals surface area contributed by atoms with Crippen molar-refractivity contribution in [3.8, 4) is 0 Å². The lowest BCUT2D eigenvalue weighted by Crippen LogP contribution is -2.47. The number of unbranched alkanes of at least 4 members (excludes halogenated alkanes) is 30. The normalized spacial score (nSPS) is 12.9. The summed E-state index contributed by atoms with van der Waals surface area (Å²) in [6.07, 6.45) is 42.9. The van der Waals surface area contributed by atoms with Crippen LogP contribution in [0.4, 0.5) is 4.79 Å². The highest BCUT2D eigenvalue weighted by molar-refractivity contribution is 5.71. The second-order valence-electron chi connectivity index (χ2n) is 14.0. The Hall–Kier alpha value is -0.810. The van der Waals surface area contributed by atoms with Crippen molar-refractivity contribution in [2.24, 2.45) is 5.73 Å². The SMILES string of the molecule is CCCCCCCCCCCCCCCCCCOC(C)C(NC(N)=O)OCCCCCCCCCCCCCCCCCC. The number of rotatable bonds is 38. The van der Waals surface area contributed by atoms with Gasteiger partial charge in [0.15, 0.2) is 6.23 Å². The van der Waals surface area contributed by atoms with E-state index in [0.717, 1.165) is 12.8 Å². The van der Waals surface area contributed by atoms with E-state index in [4.69, 9.17) is 15.2 Å². The first-order valence-corrected chi connectivity index (χ1v) is 20.4. The number of nitrogens with one attached hydrogen (secondary N) is 1. The molecule has 0 aromatic carbocycles. The van der Waals surface area contributed by atoms with Crippen molar-refractivity contribution in [2.45, 2.75) is 239 Å². The zero-order valence-corrected chi connectivity index (χ0v) is 31.0. The Bertz CT molecular complexity index is 574. The molecule has 0 aliphatic rings. The molecule has 270 valence electrons. The lowest BCUT2D eigenvalue weighted by Gasteiger charge is -2.25. The second-order valence-corrected chi connectivity index (χ2v) is 14.0. The molecule has 0 aromatic rings. The summed E-state index contributed by atoms with van der Waals surface area (Å²) >= 11 is 0. The van der Waals surface area contributed by atoms with Crippen LogP contribution >= 0.6 is 0 Å². The topological polar surface area (TPSA) is 73.6 Å². The molecular formula is C40H82N2O3. The Kier molecular flexibility index (Phi) is 37.0. The predicted molar refractivity (Wildman–Crippen MR) is 197 cm³/mol. The molecule has 45 heavy (non-hydrogen) atoms. The van der Waals surface area contributed by atoms with Crippen LogP contribution < -0.4 is 11.1 Å². The maximum absolute atomic E-state index is 11.5. The van der Waals surface area contributed by atoms with E-state index in [1.807, 2.05) is 6.92 Å². The van der Waals surface area contributed by atoms with E-state index < -0.39 is 12.3 Å². The van der Waals surface area contributed by atoms with Crippen molar-refractivity contribution in [2.75, 3.05) is 13.2 Å². The van der Waals surface area contributed by atoms with Crippen molar-refractivity contribution in [1.82, 2.24) is 5.32 Å². The minimum atomic E-state index is -0.551. The fourth-order valence-corrected chi connectivity index (χ4v) is 6.30. The van der Waals surface area contributed by atoms with Crippen molar-refractivity contribution in [1.29, 1.82) is 0 Å². The molecule has 5 heteroatoms. The molecule has 0 radical (unpaired) electrons. The summed E-state index contributed by atoms with van der Waals surface area (Å²) in [6.45, 7) is 7.89. The van der Waals surface area contributed by atoms with Crippen LogP contribution in [0.25, 0.3) is 0 Å². The number of hydrogen-bond acceptors (Lipinski definition) is 3. The first-order valence-electron chi connectivity index (χ1n) is 20.4. The number of amides is 2. The summed E-state index contributed by atoms with van der Waals surface area (Å²) in [5, 5.41) is 2.73. The third kappa shape index (κ3) is 35.9. The molecule has 2 atom stereocenters. The van der Waals surface area contributed by atoms with Gasteiger partial charge in [-0.05, 0) is 19.8 Å². The monoisotopic (exact) mass is 639 g/mol. The molecule has 0 spiro atoms. The molecule has 0 heterocycles. The summed E-state index contributed by atoms with van der Waals surface area (Å²) < 4.78 is 12.0. The van der Waals surface area contributed by atoms with E-state index in [9.17, 15) is 4.79 Å². The lowest BCUT2D eigenvalue weighted by molar-refractivity contribution is -0.0754. The molecule has 0 saturated heterocycles. The molecule has 0 fully saturated rings. The number of carbonyl (C=O) groups is 1. The Morgan fingerprint density at radius 2 is 0.689 bits per heavy atom. The number of hydrogen-bond donors (Lipinski definition) is 2. The van der Waals surface area contributed by atoms with E-state index in [2.05, 4.69) is 19.2 Å². The first kappa shape index (κ1) is 44.2. The molecule has 0 aromatic heterocycles. The quantitative estimate of drug-likeness (QED) is 0.0522. The largest absolute Gasteiger partial charge is 0.374 e. The van der Waals surface area contributed by atoms with Gasteiger partial charge in [-0.3, -0.25) is 0 Å². The van der Waals surface area contributed by atoms with Crippen LogP contribution in [0.3, 0.4) is 0 Å². The van der Waals surface area contributed by atoms with Gasteiger partial charge in [0.05, 0.1) is 6.10 Å². The highest BCUT2D eigenvalue weighted by Gasteiger charge is 2.19. The van der Waals surface area contributed by atoms with E-state index in [1.165, 1.54) is 193 Å². The van der Waals surface area contributed by atoms with Gasteiger partial charge in [-0.1, -0.05) is 206 Å². The van der Waals surface area contributed by atoms with Crippen LogP contribution in [-0.2, 0) is 9.47 Å². The lowest BCUT2D eigenvalue weighted by atomic mass is 10.0. The van der Waals surface area contributed by atoms with Crippen molar-refractivity contribution in [3.05, 3.63) is 0 Å². The molecule has 5 nitrogen and oxygen atoms in total. The van der Waals surface area contributed by atoms with Crippen molar-refractivity contribution in [3.63, 3.8) is 0 Å². The van der Waals surface area contributed by atoms with E-state index in [-0.39, 0.29) is 6.10 Å². The predicted octanol–water partition coefficient (Wildman–Crippen LogP) is 12.9. The van der Waals surface area contributed by atoms with Gasteiger partial charge >= 0.3 is 6.03 Å². The van der Waals surface area contributed by atoms with E-state index >= 15 is 0 Å². The molecule has 0 rings (SSSR count). The van der Waals surface area contributed by atoms with Crippen LogP contribution in [-0.4, -0.2) is 31.6 Å². The van der Waals surface area contributed by atoms with Gasteiger partial charge in [0.1, 0.15) is 0 Å². The van der Waals surface area contributed by atoms with Crippen LogP contribution in [0.15, 0.2) is 0 Å². The molecule has 0 aliphatic heterocycles. The van der Waals surface area contributed by atoms with Gasteiger partial charge in [-0.15, -0.1) is 0 Å². The Morgan fingerprint density at radius 3 is 0.956 bits per heavy atom. The average Bonchev–Trinajstić information content (AvgIpc) is 3.03. The van der Waals surface area contributed by atoms with Crippen LogP contribution in [0.2, 0.25) is 0 Å². The summed E-state index contributed by atoms with van der Waals surface area (Å²) in [7, 11) is 0. The van der Waals surface area contributed by atoms with Crippen LogP contribution in [0.1, 0.15) is 226 Å². The minimum absolute atomic E-state index is 0.199. The van der Waals surface area contributed by atoms with Gasteiger partial charge in [-0.2, -0.15) is 0 Å². The van der Waals surface area contributed by atoms with E-state index in [0.29, 0.717) is 13.2 Å².